The zero-order chi connectivity index (χ0) is 17.7. The van der Waals surface area contributed by atoms with Gasteiger partial charge in [0.05, 0.1) is 18.4 Å². The Labute approximate surface area is 171 Å². The second kappa shape index (κ2) is 9.86. The van der Waals surface area contributed by atoms with Crippen LogP contribution in [0.4, 0.5) is 5.95 Å². The molecule has 138 valence electrons. The fourth-order valence-electron chi connectivity index (χ4n) is 2.52. The zero-order valence-corrected chi connectivity index (χ0v) is 18.4. The molecule has 0 bridgehead atoms. The predicted molar refractivity (Wildman–Crippen MR) is 116 cm³/mol. The largest absolute Gasteiger partial charge is 0.351 e. The summed E-state index contributed by atoms with van der Waals surface area (Å²) in [6.45, 7) is 1.34. The van der Waals surface area contributed by atoms with Crippen LogP contribution in [0.5, 0.6) is 0 Å². The number of hydrogen-bond donors (Lipinski definition) is 1. The van der Waals surface area contributed by atoms with Gasteiger partial charge in [-0.05, 0) is 11.6 Å². The molecular formula is C17H26ClIN6. The van der Waals surface area contributed by atoms with Gasteiger partial charge < -0.3 is 19.7 Å². The van der Waals surface area contributed by atoms with E-state index >= 15 is 0 Å². The van der Waals surface area contributed by atoms with Crippen molar-refractivity contribution in [2.45, 2.75) is 13.1 Å². The second-order valence-corrected chi connectivity index (χ2v) is 6.26. The van der Waals surface area contributed by atoms with Crippen LogP contribution in [0.2, 0.25) is 5.02 Å². The van der Waals surface area contributed by atoms with E-state index in [1.807, 2.05) is 68.5 Å². The van der Waals surface area contributed by atoms with Crippen molar-refractivity contribution in [1.82, 2.24) is 19.8 Å². The monoisotopic (exact) mass is 476 g/mol. The van der Waals surface area contributed by atoms with Gasteiger partial charge in [-0.15, -0.1) is 24.0 Å². The van der Waals surface area contributed by atoms with Crippen LogP contribution >= 0.6 is 35.6 Å². The summed E-state index contributed by atoms with van der Waals surface area (Å²) in [6, 6.07) is 7.85. The highest BCUT2D eigenvalue weighted by molar-refractivity contribution is 14.0. The number of aliphatic imine (C=N–C) groups is 1. The van der Waals surface area contributed by atoms with E-state index in [-0.39, 0.29) is 24.0 Å². The van der Waals surface area contributed by atoms with Crippen LogP contribution in [0.3, 0.4) is 0 Å². The number of hydrogen-bond acceptors (Lipinski definition) is 3. The average molecular weight is 477 g/mol. The van der Waals surface area contributed by atoms with E-state index in [9.17, 15) is 0 Å². The van der Waals surface area contributed by atoms with Crippen molar-refractivity contribution in [2.24, 2.45) is 12.0 Å². The fourth-order valence-corrected chi connectivity index (χ4v) is 2.72. The number of aromatic nitrogens is 2. The van der Waals surface area contributed by atoms with Gasteiger partial charge in [0.15, 0.2) is 5.96 Å². The number of imidazole rings is 1. The van der Waals surface area contributed by atoms with Gasteiger partial charge in [0.1, 0.15) is 0 Å². The maximum Gasteiger partial charge on any atom is 0.204 e. The molecule has 1 aromatic heterocycles. The Bertz CT molecular complexity index is 713. The molecule has 2 rings (SSSR count). The number of rotatable bonds is 5. The highest BCUT2D eigenvalue weighted by Gasteiger charge is 2.11. The van der Waals surface area contributed by atoms with E-state index in [2.05, 4.69) is 19.9 Å². The topological polar surface area (TPSA) is 48.7 Å². The van der Waals surface area contributed by atoms with E-state index in [4.69, 9.17) is 11.6 Å². The normalized spacial score (nSPS) is 11.0. The molecule has 2 aromatic rings. The van der Waals surface area contributed by atoms with Crippen molar-refractivity contribution in [3.63, 3.8) is 0 Å². The Kier molecular flexibility index (Phi) is 8.51. The third-order valence-corrected chi connectivity index (χ3v) is 4.19. The van der Waals surface area contributed by atoms with E-state index in [1.165, 1.54) is 0 Å². The lowest BCUT2D eigenvalue weighted by Gasteiger charge is -2.23. The summed E-state index contributed by atoms with van der Waals surface area (Å²) in [5.41, 5.74) is 2.16. The van der Waals surface area contributed by atoms with Crippen LogP contribution in [-0.4, -0.2) is 48.6 Å². The Morgan fingerprint density at radius 1 is 1.28 bits per heavy atom. The third kappa shape index (κ3) is 5.50. The lowest BCUT2D eigenvalue weighted by Crippen LogP contribution is -2.38. The van der Waals surface area contributed by atoms with Crippen LogP contribution in [0.25, 0.3) is 0 Å². The first kappa shape index (κ1) is 21.6. The summed E-state index contributed by atoms with van der Waals surface area (Å²) in [5.74, 6) is 1.73. The summed E-state index contributed by atoms with van der Waals surface area (Å²) in [6.07, 6.45) is 1.88. The number of nitrogens with one attached hydrogen (secondary N) is 1. The number of benzene rings is 1. The highest BCUT2D eigenvalue weighted by Crippen LogP contribution is 2.16. The molecular weight excluding hydrogens is 451 g/mol. The fraction of sp³-hybridized carbons (Fsp3) is 0.412. The van der Waals surface area contributed by atoms with Crippen LogP contribution in [0.15, 0.2) is 35.5 Å². The molecule has 0 aliphatic carbocycles. The molecule has 0 radical (unpaired) electrons. The van der Waals surface area contributed by atoms with E-state index in [1.54, 1.807) is 7.05 Å². The molecule has 0 fully saturated rings. The first-order valence-electron chi connectivity index (χ1n) is 7.77. The van der Waals surface area contributed by atoms with Gasteiger partial charge in [0.2, 0.25) is 5.95 Å². The summed E-state index contributed by atoms with van der Waals surface area (Å²) in [5, 5.41) is 4.14. The maximum atomic E-state index is 6.24. The standard InChI is InChI=1S/C17H25ClN6.HI/c1-19-16(23(4)12-13-8-6-7-9-15(13)18)20-10-14-11-21-17(22(2)3)24(14)5;/h6-9,11H,10,12H2,1-5H3,(H,19,20);1H. The quantitative estimate of drug-likeness (QED) is 0.409. The average Bonchev–Trinajstić information content (AvgIpc) is 2.91. The predicted octanol–water partition coefficient (Wildman–Crippen LogP) is 2.96. The van der Waals surface area contributed by atoms with Crippen molar-refractivity contribution in [1.29, 1.82) is 0 Å². The summed E-state index contributed by atoms with van der Waals surface area (Å²) >= 11 is 6.24. The van der Waals surface area contributed by atoms with Crippen LogP contribution in [0, 0.1) is 0 Å². The van der Waals surface area contributed by atoms with E-state index in [0.717, 1.165) is 28.2 Å². The van der Waals surface area contributed by atoms with Gasteiger partial charge in [-0.2, -0.15) is 0 Å². The lowest BCUT2D eigenvalue weighted by molar-refractivity contribution is 0.475. The molecule has 0 spiro atoms. The number of anilines is 1. The van der Waals surface area contributed by atoms with Crippen LogP contribution in [-0.2, 0) is 20.1 Å². The SMILES string of the molecule is CN=C(NCc1cnc(N(C)C)n1C)N(C)Cc1ccccc1Cl.I. The molecule has 25 heavy (non-hydrogen) atoms. The zero-order valence-electron chi connectivity index (χ0n) is 15.3. The first-order valence-corrected chi connectivity index (χ1v) is 8.15. The van der Waals surface area contributed by atoms with Gasteiger partial charge in [-0.3, -0.25) is 4.99 Å². The molecule has 1 heterocycles. The number of halogens is 2. The van der Waals surface area contributed by atoms with E-state index < -0.39 is 0 Å². The number of guanidine groups is 1. The molecule has 1 N–H and O–H groups in total. The smallest absolute Gasteiger partial charge is 0.204 e. The van der Waals surface area contributed by atoms with E-state index in [0.29, 0.717) is 13.1 Å². The molecule has 6 nitrogen and oxygen atoms in total. The summed E-state index contributed by atoms with van der Waals surface area (Å²) < 4.78 is 2.06. The minimum absolute atomic E-state index is 0. The molecule has 0 atom stereocenters. The van der Waals surface area contributed by atoms with Gasteiger partial charge in [-0.25, -0.2) is 4.98 Å². The Hall–Kier alpha value is -1.48. The molecule has 0 amide bonds. The molecule has 8 heteroatoms. The molecule has 0 saturated heterocycles. The summed E-state index contributed by atoms with van der Waals surface area (Å²) in [4.78, 5) is 12.8. The van der Waals surface area contributed by atoms with Crippen molar-refractivity contribution >= 4 is 47.5 Å². The molecule has 0 saturated carbocycles. The van der Waals surface area contributed by atoms with Crippen molar-refractivity contribution in [2.75, 3.05) is 33.1 Å². The second-order valence-electron chi connectivity index (χ2n) is 5.85. The van der Waals surface area contributed by atoms with Gasteiger partial charge in [-0.1, -0.05) is 29.8 Å². The van der Waals surface area contributed by atoms with Gasteiger partial charge >= 0.3 is 0 Å². The molecule has 0 aliphatic heterocycles. The van der Waals surface area contributed by atoms with Crippen molar-refractivity contribution in [3.8, 4) is 0 Å². The minimum Gasteiger partial charge on any atom is -0.351 e. The first-order chi connectivity index (χ1) is 11.4. The van der Waals surface area contributed by atoms with Crippen molar-refractivity contribution < 1.29 is 0 Å². The summed E-state index contributed by atoms with van der Waals surface area (Å²) in [7, 11) is 9.74. The van der Waals surface area contributed by atoms with Gasteiger partial charge in [0, 0.05) is 46.8 Å². The molecule has 0 aliphatic rings. The molecule has 1 aromatic carbocycles. The Balaban J connectivity index is 0.00000312. The highest BCUT2D eigenvalue weighted by atomic mass is 127. The Morgan fingerprint density at radius 3 is 2.52 bits per heavy atom. The van der Waals surface area contributed by atoms with Crippen LogP contribution < -0.4 is 10.2 Å². The molecule has 0 unspecified atom stereocenters. The third-order valence-electron chi connectivity index (χ3n) is 3.83. The number of nitrogens with zero attached hydrogens (tertiary/aromatic N) is 5. The lowest BCUT2D eigenvalue weighted by atomic mass is 10.2. The van der Waals surface area contributed by atoms with Gasteiger partial charge in [0.25, 0.3) is 0 Å². The minimum atomic E-state index is 0. The maximum absolute atomic E-state index is 6.24. The van der Waals surface area contributed by atoms with Crippen LogP contribution in [0.1, 0.15) is 11.3 Å². The van der Waals surface area contributed by atoms with Crippen molar-refractivity contribution in [3.05, 3.63) is 46.7 Å². The Morgan fingerprint density at radius 2 is 1.96 bits per heavy atom.